The number of carbonyl (C=O) groups excluding carboxylic acids is 3. The fraction of sp³-hybridized carbons (Fsp3) is 0.533. The summed E-state index contributed by atoms with van der Waals surface area (Å²) in [5.41, 5.74) is -1.88. The van der Waals surface area contributed by atoms with Gasteiger partial charge in [0.25, 0.3) is 11.8 Å². The van der Waals surface area contributed by atoms with Crippen molar-refractivity contribution in [2.75, 3.05) is 19.8 Å². The Bertz CT molecular complexity index is 613. The number of carboxylic acids is 2. The smallest absolute Gasteiger partial charge is 0.321 e. The maximum absolute atomic E-state index is 11.6. The van der Waals surface area contributed by atoms with E-state index in [1.54, 1.807) is 0 Å². The minimum atomic E-state index is -1.88. The van der Waals surface area contributed by atoms with Crippen LogP contribution in [0.3, 0.4) is 0 Å². The number of carbonyl (C=O) groups is 5. The molecule has 162 valence electrons. The second-order valence-electron chi connectivity index (χ2n) is 5.74. The van der Waals surface area contributed by atoms with E-state index in [2.05, 4.69) is 0 Å². The van der Waals surface area contributed by atoms with Gasteiger partial charge >= 0.3 is 17.9 Å². The number of esters is 1. The van der Waals surface area contributed by atoms with E-state index >= 15 is 0 Å². The molecular formula is C15H23N3O9Pt. The molecule has 12 nitrogen and oxygen atoms in total. The van der Waals surface area contributed by atoms with Crippen molar-refractivity contribution in [2.45, 2.75) is 25.4 Å². The van der Waals surface area contributed by atoms with Gasteiger partial charge in [-0.05, 0) is 0 Å². The number of ether oxygens (including phenoxy) is 2. The first-order valence-electron chi connectivity index (χ1n) is 7.54. The Morgan fingerprint density at radius 2 is 1.54 bits per heavy atom. The summed E-state index contributed by atoms with van der Waals surface area (Å²) in [6.45, 7) is 0.136. The Morgan fingerprint density at radius 3 is 2.00 bits per heavy atom. The molecule has 0 radical (unpaired) electrons. The van der Waals surface area contributed by atoms with Crippen molar-refractivity contribution in [3.8, 4) is 0 Å². The third-order valence-corrected chi connectivity index (χ3v) is 4.08. The third-order valence-electron chi connectivity index (χ3n) is 4.08. The summed E-state index contributed by atoms with van der Waals surface area (Å²) in [5.74, 6) is -4.37. The maximum Gasteiger partial charge on any atom is 0.321 e. The minimum Gasteiger partial charge on any atom is -0.480 e. The predicted molar refractivity (Wildman–Crippen MR) is 88.2 cm³/mol. The van der Waals surface area contributed by atoms with Crippen LogP contribution >= 0.6 is 0 Å². The van der Waals surface area contributed by atoms with Crippen molar-refractivity contribution < 1.29 is 64.7 Å². The monoisotopic (exact) mass is 584 g/mol. The zero-order valence-corrected chi connectivity index (χ0v) is 17.2. The first-order chi connectivity index (χ1) is 11.8. The van der Waals surface area contributed by atoms with Gasteiger partial charge in [-0.3, -0.25) is 28.9 Å². The molecule has 0 aromatic rings. The van der Waals surface area contributed by atoms with Crippen molar-refractivity contribution in [1.82, 2.24) is 17.2 Å². The molecule has 1 saturated carbocycles. The largest absolute Gasteiger partial charge is 0.480 e. The zero-order valence-electron chi connectivity index (χ0n) is 14.9. The number of rotatable bonds is 9. The molecule has 0 atom stereocenters. The molecule has 1 heterocycles. The molecule has 8 N–H and O–H groups in total. The summed E-state index contributed by atoms with van der Waals surface area (Å²) in [6.07, 6.45) is 0.932. The summed E-state index contributed by atoms with van der Waals surface area (Å²) < 4.78 is 10.1. The van der Waals surface area contributed by atoms with Gasteiger partial charge in [0.15, 0.2) is 5.41 Å². The van der Waals surface area contributed by atoms with Crippen LogP contribution in [-0.4, -0.2) is 70.7 Å². The van der Waals surface area contributed by atoms with Crippen LogP contribution in [-0.2, 0) is 54.5 Å². The van der Waals surface area contributed by atoms with Gasteiger partial charge in [0.1, 0.15) is 6.10 Å². The average molecular weight is 584 g/mol. The van der Waals surface area contributed by atoms with Crippen molar-refractivity contribution in [3.05, 3.63) is 12.2 Å². The molecule has 2 rings (SSSR count). The Hall–Kier alpha value is -2.14. The first-order valence-corrected chi connectivity index (χ1v) is 7.54. The van der Waals surface area contributed by atoms with Crippen molar-refractivity contribution in [3.63, 3.8) is 0 Å². The minimum absolute atomic E-state index is 0. The number of hydrogen-bond acceptors (Lipinski definition) is 9. The van der Waals surface area contributed by atoms with Gasteiger partial charge in [0.05, 0.1) is 26.2 Å². The molecule has 0 bridgehead atoms. The molecule has 1 aliphatic heterocycles. The van der Waals surface area contributed by atoms with E-state index in [4.69, 9.17) is 19.7 Å². The molecule has 0 unspecified atom stereocenters. The van der Waals surface area contributed by atoms with Crippen molar-refractivity contribution in [2.24, 2.45) is 5.41 Å². The fourth-order valence-corrected chi connectivity index (χ4v) is 2.55. The Kier molecular flexibility index (Phi) is 11.7. The van der Waals surface area contributed by atoms with Crippen LogP contribution < -0.4 is 12.3 Å². The second kappa shape index (κ2) is 11.6. The fourth-order valence-electron chi connectivity index (χ4n) is 2.55. The summed E-state index contributed by atoms with van der Waals surface area (Å²) in [5, 5.41) is 17.9. The summed E-state index contributed by atoms with van der Waals surface area (Å²) >= 11 is 0. The van der Waals surface area contributed by atoms with E-state index in [0.717, 1.165) is 17.1 Å². The molecule has 1 fully saturated rings. The number of hydrogen-bond donors (Lipinski definition) is 4. The van der Waals surface area contributed by atoms with Crippen molar-refractivity contribution >= 4 is 29.7 Å². The summed E-state index contributed by atoms with van der Waals surface area (Å²) in [4.78, 5) is 57.1. The molecule has 0 spiro atoms. The Balaban J connectivity index is 0. The number of carboxylic acid groups (broad SMARTS) is 2. The summed E-state index contributed by atoms with van der Waals surface area (Å²) in [6, 6.07) is 0. The molecular weight excluding hydrogens is 561 g/mol. The van der Waals surface area contributed by atoms with E-state index in [1.165, 1.54) is 0 Å². The normalized spacial score (nSPS) is 16.9. The maximum atomic E-state index is 11.6. The molecule has 1 aliphatic carbocycles. The van der Waals surface area contributed by atoms with Crippen LogP contribution in [0.5, 0.6) is 0 Å². The number of aliphatic carboxylic acids is 2. The van der Waals surface area contributed by atoms with Crippen LogP contribution in [0.15, 0.2) is 12.2 Å². The van der Waals surface area contributed by atoms with Crippen LogP contribution in [0.25, 0.3) is 0 Å². The molecule has 13 heteroatoms. The van der Waals surface area contributed by atoms with Crippen molar-refractivity contribution in [1.29, 1.82) is 0 Å². The van der Waals surface area contributed by atoms with E-state index in [0.29, 0.717) is 0 Å². The van der Waals surface area contributed by atoms with E-state index in [-0.39, 0.29) is 72.4 Å². The topological polar surface area (TPSA) is 218 Å². The van der Waals surface area contributed by atoms with Gasteiger partial charge in [-0.15, -0.1) is 0 Å². The van der Waals surface area contributed by atoms with E-state index < -0.39 is 41.2 Å². The van der Waals surface area contributed by atoms with Crippen LogP contribution in [0, 0.1) is 5.41 Å². The van der Waals surface area contributed by atoms with Gasteiger partial charge in [0.2, 0.25) is 0 Å². The van der Waals surface area contributed by atoms with E-state index in [1.807, 2.05) is 0 Å². The molecule has 2 amide bonds. The Labute approximate surface area is 174 Å². The SMILES string of the molecule is N.N.O=C(CCOCCN1C(=O)C=CC1=O)OC1CC(C(=O)O)(C(=O)O)C1.[Pt]. The summed E-state index contributed by atoms with van der Waals surface area (Å²) in [7, 11) is 0. The Morgan fingerprint density at radius 1 is 1.04 bits per heavy atom. The molecule has 2 aliphatic rings. The predicted octanol–water partition coefficient (Wildman–Crippen LogP) is -0.499. The zero-order chi connectivity index (χ0) is 18.6. The quantitative estimate of drug-likeness (QED) is 0.117. The first kappa shape index (κ1) is 28.1. The molecule has 0 aromatic carbocycles. The molecule has 28 heavy (non-hydrogen) atoms. The van der Waals surface area contributed by atoms with Gasteiger partial charge in [-0.25, -0.2) is 0 Å². The number of imide groups is 1. The standard InChI is InChI=1S/C15H17NO9.2H3N.Pt/c17-10-1-2-11(18)16(10)4-6-24-5-3-12(19)25-9-7-15(8-9,13(20)21)14(22)23;;;/h1-2,9H,3-8H2,(H,20,21)(H,22,23);2*1H3;. The second-order valence-corrected chi connectivity index (χ2v) is 5.74. The third kappa shape index (κ3) is 6.20. The average Bonchev–Trinajstić information content (AvgIpc) is 2.80. The van der Waals surface area contributed by atoms with Crippen LogP contribution in [0.2, 0.25) is 0 Å². The van der Waals surface area contributed by atoms with E-state index in [9.17, 15) is 24.0 Å². The van der Waals surface area contributed by atoms with Gasteiger partial charge in [-0.1, -0.05) is 0 Å². The van der Waals surface area contributed by atoms with Gasteiger partial charge in [0, 0.05) is 46.1 Å². The molecule has 0 aromatic heterocycles. The molecule has 0 saturated heterocycles. The van der Waals surface area contributed by atoms with Gasteiger partial charge < -0.3 is 32.0 Å². The number of amides is 2. The number of nitrogens with zero attached hydrogens (tertiary/aromatic N) is 1. The van der Waals surface area contributed by atoms with Gasteiger partial charge in [-0.2, -0.15) is 0 Å². The van der Waals surface area contributed by atoms with Crippen LogP contribution in [0.4, 0.5) is 0 Å². The van der Waals surface area contributed by atoms with Crippen LogP contribution in [0.1, 0.15) is 19.3 Å².